The fraction of sp³-hybridized carbons (Fsp3) is 0.118. The summed E-state index contributed by atoms with van der Waals surface area (Å²) < 4.78 is 5.44. The smallest absolute Gasteiger partial charge is 0.270 e. The molecule has 0 atom stereocenters. The molecule has 1 aromatic carbocycles. The number of amides is 1. The van der Waals surface area contributed by atoms with Crippen LogP contribution in [0.4, 0.5) is 5.69 Å². The molecule has 10 heteroatoms. The van der Waals surface area contributed by atoms with Gasteiger partial charge in [0.15, 0.2) is 0 Å². The Labute approximate surface area is 162 Å². The topological polar surface area (TPSA) is 107 Å². The summed E-state index contributed by atoms with van der Waals surface area (Å²) in [5.74, 6) is -0.101. The molecule has 0 fully saturated rings. The van der Waals surface area contributed by atoms with Crippen molar-refractivity contribution in [3.05, 3.63) is 68.5 Å². The average molecular weight is 405 g/mol. The maximum absolute atomic E-state index is 12.1. The first-order chi connectivity index (χ1) is 13.0. The molecule has 0 aliphatic carbocycles. The van der Waals surface area contributed by atoms with E-state index in [1.54, 1.807) is 17.4 Å². The minimum absolute atomic E-state index is 0.0117. The number of hydrogen-bond donors (Lipinski definition) is 1. The van der Waals surface area contributed by atoms with Gasteiger partial charge in [-0.3, -0.25) is 14.9 Å². The molecule has 0 saturated heterocycles. The van der Waals surface area contributed by atoms with E-state index >= 15 is 0 Å². The van der Waals surface area contributed by atoms with Gasteiger partial charge in [-0.15, -0.1) is 21.5 Å². The second-order valence-corrected chi connectivity index (χ2v) is 6.61. The van der Waals surface area contributed by atoms with Crippen LogP contribution in [0.15, 0.2) is 47.8 Å². The number of carbonyl (C=O) groups excluding carboxylic acids is 1. The number of nitrogens with one attached hydrogen (secondary N) is 1. The molecule has 8 nitrogen and oxygen atoms in total. The molecule has 0 unspecified atom stereocenters. The molecule has 0 radical (unpaired) electrons. The van der Waals surface area contributed by atoms with Gasteiger partial charge in [-0.05, 0) is 23.6 Å². The van der Waals surface area contributed by atoms with Crippen molar-refractivity contribution in [3.8, 4) is 16.5 Å². The largest absolute Gasteiger partial charge is 0.475 e. The number of aromatic nitrogens is 2. The maximum atomic E-state index is 12.1. The Morgan fingerprint density at radius 1 is 1.26 bits per heavy atom. The number of halogens is 1. The van der Waals surface area contributed by atoms with Crippen molar-refractivity contribution in [3.63, 3.8) is 0 Å². The van der Waals surface area contributed by atoms with Gasteiger partial charge >= 0.3 is 0 Å². The Bertz CT molecular complexity index is 948. The van der Waals surface area contributed by atoms with E-state index in [9.17, 15) is 14.9 Å². The minimum Gasteiger partial charge on any atom is -0.475 e. The van der Waals surface area contributed by atoms with Crippen LogP contribution in [0.3, 0.4) is 0 Å². The van der Waals surface area contributed by atoms with Crippen LogP contribution >= 0.6 is 22.9 Å². The molecule has 2 heterocycles. The summed E-state index contributed by atoms with van der Waals surface area (Å²) in [6, 6.07) is 11.1. The van der Waals surface area contributed by atoms with Crippen molar-refractivity contribution in [2.45, 2.75) is 0 Å². The first-order valence-electron chi connectivity index (χ1n) is 7.77. The molecular formula is C17H13ClN4O4S. The molecule has 1 N–H and O–H groups in total. The first-order valence-corrected chi connectivity index (χ1v) is 9.03. The number of ether oxygens (including phenoxy) is 1. The lowest BCUT2D eigenvalue weighted by Crippen LogP contribution is -2.28. The van der Waals surface area contributed by atoms with E-state index in [-0.39, 0.29) is 29.4 Å². The minimum atomic E-state index is -0.577. The van der Waals surface area contributed by atoms with Crippen LogP contribution in [-0.2, 0) is 0 Å². The molecule has 1 amide bonds. The van der Waals surface area contributed by atoms with Crippen LogP contribution in [0.1, 0.15) is 10.4 Å². The van der Waals surface area contributed by atoms with Crippen LogP contribution in [0, 0.1) is 10.1 Å². The Hall–Kier alpha value is -3.04. The van der Waals surface area contributed by atoms with Crippen molar-refractivity contribution in [1.82, 2.24) is 15.5 Å². The van der Waals surface area contributed by atoms with Crippen LogP contribution in [0.5, 0.6) is 5.88 Å². The Balaban J connectivity index is 1.48. The maximum Gasteiger partial charge on any atom is 0.270 e. The van der Waals surface area contributed by atoms with Gasteiger partial charge in [-0.2, -0.15) is 0 Å². The summed E-state index contributed by atoms with van der Waals surface area (Å²) in [7, 11) is 0. The van der Waals surface area contributed by atoms with Crippen LogP contribution in [-0.4, -0.2) is 34.2 Å². The zero-order valence-corrected chi connectivity index (χ0v) is 15.4. The number of thiophene rings is 1. The molecule has 0 bridgehead atoms. The van der Waals surface area contributed by atoms with E-state index in [1.165, 1.54) is 12.1 Å². The lowest BCUT2D eigenvalue weighted by Gasteiger charge is -2.08. The van der Waals surface area contributed by atoms with Crippen molar-refractivity contribution >= 4 is 34.5 Å². The second-order valence-electron chi connectivity index (χ2n) is 5.26. The summed E-state index contributed by atoms with van der Waals surface area (Å²) in [6.07, 6.45) is 0. The predicted octanol–water partition coefficient (Wildman–Crippen LogP) is 3.58. The van der Waals surface area contributed by atoms with E-state index in [0.29, 0.717) is 5.88 Å². The third-order valence-corrected chi connectivity index (χ3v) is 4.66. The highest BCUT2D eigenvalue weighted by Gasteiger charge is 2.14. The third kappa shape index (κ3) is 4.78. The lowest BCUT2D eigenvalue weighted by molar-refractivity contribution is -0.384. The van der Waals surface area contributed by atoms with Crippen LogP contribution < -0.4 is 10.1 Å². The van der Waals surface area contributed by atoms with E-state index in [2.05, 4.69) is 15.5 Å². The first kappa shape index (κ1) is 18.7. The molecule has 0 spiro atoms. The zero-order valence-electron chi connectivity index (χ0n) is 13.8. The summed E-state index contributed by atoms with van der Waals surface area (Å²) >= 11 is 7.49. The van der Waals surface area contributed by atoms with Gasteiger partial charge in [0.25, 0.3) is 11.6 Å². The lowest BCUT2D eigenvalue weighted by atomic mass is 10.2. The fourth-order valence-electron chi connectivity index (χ4n) is 2.17. The summed E-state index contributed by atoms with van der Waals surface area (Å²) in [5.41, 5.74) is 0.741. The quantitative estimate of drug-likeness (QED) is 0.366. The Morgan fingerprint density at radius 2 is 2.11 bits per heavy atom. The number of carbonyl (C=O) groups is 1. The molecule has 0 aliphatic rings. The molecule has 2 aromatic heterocycles. The number of non-ortho nitro benzene ring substituents is 1. The second kappa shape index (κ2) is 8.56. The molecule has 27 heavy (non-hydrogen) atoms. The Kier molecular flexibility index (Phi) is 5.94. The summed E-state index contributed by atoms with van der Waals surface area (Å²) in [5, 5.41) is 23.4. The monoisotopic (exact) mass is 404 g/mol. The number of benzene rings is 1. The molecule has 3 rings (SSSR count). The molecule has 0 aliphatic heterocycles. The number of nitro groups is 1. The van der Waals surface area contributed by atoms with E-state index in [1.807, 2.05) is 23.6 Å². The van der Waals surface area contributed by atoms with Gasteiger partial charge in [0.05, 0.1) is 26.9 Å². The van der Waals surface area contributed by atoms with Gasteiger partial charge in [0.1, 0.15) is 12.3 Å². The zero-order chi connectivity index (χ0) is 19.2. The highest BCUT2D eigenvalue weighted by atomic mass is 35.5. The highest BCUT2D eigenvalue weighted by Crippen LogP contribution is 2.23. The van der Waals surface area contributed by atoms with Crippen molar-refractivity contribution in [1.29, 1.82) is 0 Å². The molecule has 0 saturated carbocycles. The number of hydrogen-bond acceptors (Lipinski definition) is 7. The Morgan fingerprint density at radius 3 is 2.74 bits per heavy atom. The normalized spacial score (nSPS) is 10.4. The van der Waals surface area contributed by atoms with Crippen molar-refractivity contribution < 1.29 is 14.5 Å². The highest BCUT2D eigenvalue weighted by molar-refractivity contribution is 7.13. The van der Waals surface area contributed by atoms with Crippen LogP contribution in [0.25, 0.3) is 10.6 Å². The van der Waals surface area contributed by atoms with E-state index in [4.69, 9.17) is 16.3 Å². The van der Waals surface area contributed by atoms with Gasteiger partial charge in [-0.25, -0.2) is 0 Å². The SMILES string of the molecule is O=C(NCCOc1ccc(-c2cccs2)nn1)c1ccc([N+](=O)[O-])cc1Cl. The number of nitro benzene ring substituents is 1. The molecular weight excluding hydrogens is 392 g/mol. The van der Waals surface area contributed by atoms with Gasteiger partial charge in [0.2, 0.25) is 5.88 Å². The van der Waals surface area contributed by atoms with Gasteiger partial charge in [-0.1, -0.05) is 17.7 Å². The number of rotatable bonds is 7. The standard InChI is InChI=1S/C17H13ClN4O4S/c18-13-10-11(22(24)25)3-4-12(13)17(23)19-7-8-26-16-6-5-14(20-21-16)15-2-1-9-27-15/h1-6,9-10H,7-8H2,(H,19,23). The number of nitrogens with zero attached hydrogens (tertiary/aromatic N) is 3. The third-order valence-electron chi connectivity index (χ3n) is 3.46. The average Bonchev–Trinajstić information content (AvgIpc) is 3.20. The predicted molar refractivity (Wildman–Crippen MR) is 101 cm³/mol. The van der Waals surface area contributed by atoms with Crippen LogP contribution in [0.2, 0.25) is 5.02 Å². The van der Waals surface area contributed by atoms with Gasteiger partial charge < -0.3 is 10.1 Å². The van der Waals surface area contributed by atoms with E-state index in [0.717, 1.165) is 16.6 Å². The van der Waals surface area contributed by atoms with Crippen molar-refractivity contribution in [2.24, 2.45) is 0 Å². The van der Waals surface area contributed by atoms with E-state index < -0.39 is 10.8 Å². The van der Waals surface area contributed by atoms with Crippen molar-refractivity contribution in [2.75, 3.05) is 13.2 Å². The molecule has 138 valence electrons. The molecule has 3 aromatic rings. The van der Waals surface area contributed by atoms with Gasteiger partial charge in [0, 0.05) is 18.2 Å². The summed E-state index contributed by atoms with van der Waals surface area (Å²) in [6.45, 7) is 0.393. The fourth-order valence-corrected chi connectivity index (χ4v) is 3.12. The summed E-state index contributed by atoms with van der Waals surface area (Å²) in [4.78, 5) is 23.2.